The maximum absolute atomic E-state index is 12.8. The van der Waals surface area contributed by atoms with Crippen molar-refractivity contribution >= 4 is 15.7 Å². The summed E-state index contributed by atoms with van der Waals surface area (Å²) in [5, 5.41) is 3.00. The second-order valence-corrected chi connectivity index (χ2v) is 8.84. The molecule has 0 radical (unpaired) electrons. The van der Waals surface area contributed by atoms with Crippen LogP contribution in [0.4, 0.5) is 0 Å². The number of rotatable bonds is 5. The first-order valence-electron chi connectivity index (χ1n) is 8.09. The molecule has 5 nitrogen and oxygen atoms in total. The van der Waals surface area contributed by atoms with E-state index < -0.39 is 15.3 Å². The van der Waals surface area contributed by atoms with Gasteiger partial charge < -0.3 is 10.1 Å². The first kappa shape index (κ1) is 16.3. The molecule has 1 heterocycles. The van der Waals surface area contributed by atoms with Crippen molar-refractivity contribution in [2.24, 2.45) is 5.92 Å². The van der Waals surface area contributed by atoms with Gasteiger partial charge in [-0.15, -0.1) is 0 Å². The molecular formula is C17H23NO4S. The molecular weight excluding hydrogens is 314 g/mol. The molecule has 1 aliphatic carbocycles. The smallest absolute Gasteiger partial charge is 0.230 e. The van der Waals surface area contributed by atoms with Gasteiger partial charge in [-0.3, -0.25) is 4.79 Å². The summed E-state index contributed by atoms with van der Waals surface area (Å²) in [5.74, 6) is 1.21. The van der Waals surface area contributed by atoms with Crippen molar-refractivity contribution in [1.82, 2.24) is 5.32 Å². The van der Waals surface area contributed by atoms with Gasteiger partial charge in [0.05, 0.1) is 24.0 Å². The Morgan fingerprint density at radius 1 is 1.35 bits per heavy atom. The minimum absolute atomic E-state index is 0.00227. The fourth-order valence-electron chi connectivity index (χ4n) is 3.63. The van der Waals surface area contributed by atoms with Crippen molar-refractivity contribution in [3.05, 3.63) is 29.8 Å². The maximum Gasteiger partial charge on any atom is 0.230 e. The van der Waals surface area contributed by atoms with Crippen LogP contribution in [-0.4, -0.2) is 39.5 Å². The number of benzene rings is 1. The summed E-state index contributed by atoms with van der Waals surface area (Å²) in [6, 6.07) is 7.66. The van der Waals surface area contributed by atoms with E-state index in [2.05, 4.69) is 5.32 Å². The van der Waals surface area contributed by atoms with Crippen LogP contribution in [0, 0.1) is 5.92 Å². The lowest BCUT2D eigenvalue weighted by Crippen LogP contribution is -2.50. The van der Waals surface area contributed by atoms with Crippen LogP contribution >= 0.6 is 0 Å². The van der Waals surface area contributed by atoms with Crippen molar-refractivity contribution in [2.75, 3.05) is 25.2 Å². The molecule has 0 aromatic heterocycles. The lowest BCUT2D eigenvalue weighted by atomic mass is 9.63. The summed E-state index contributed by atoms with van der Waals surface area (Å²) in [6.45, 7) is 0.439. The molecule has 0 bridgehead atoms. The quantitative estimate of drug-likeness (QED) is 0.887. The fraction of sp³-hybridized carbons (Fsp3) is 0.588. The zero-order valence-corrected chi connectivity index (χ0v) is 14.2. The van der Waals surface area contributed by atoms with Crippen molar-refractivity contribution in [1.29, 1.82) is 0 Å². The normalized spacial score (nSPS) is 24.7. The largest absolute Gasteiger partial charge is 0.496 e. The van der Waals surface area contributed by atoms with E-state index in [4.69, 9.17) is 4.74 Å². The highest BCUT2D eigenvalue weighted by atomic mass is 32.2. The Kier molecular flexibility index (Phi) is 4.36. The number of amides is 1. The van der Waals surface area contributed by atoms with Gasteiger partial charge >= 0.3 is 0 Å². The maximum atomic E-state index is 12.8. The average Bonchev–Trinajstić information content (AvgIpc) is 2.84. The molecule has 1 saturated carbocycles. The Morgan fingerprint density at radius 3 is 2.65 bits per heavy atom. The van der Waals surface area contributed by atoms with Gasteiger partial charge in [-0.2, -0.15) is 0 Å². The van der Waals surface area contributed by atoms with E-state index in [0.717, 1.165) is 30.6 Å². The molecule has 1 aliphatic heterocycles. The van der Waals surface area contributed by atoms with Gasteiger partial charge in [-0.05, 0) is 31.2 Å². The van der Waals surface area contributed by atoms with Crippen LogP contribution in [0.1, 0.15) is 31.2 Å². The third kappa shape index (κ3) is 3.09. The molecule has 1 atom stereocenters. The van der Waals surface area contributed by atoms with E-state index >= 15 is 0 Å². The van der Waals surface area contributed by atoms with Crippen molar-refractivity contribution in [3.8, 4) is 5.75 Å². The zero-order valence-electron chi connectivity index (χ0n) is 13.4. The predicted molar refractivity (Wildman–Crippen MR) is 88.3 cm³/mol. The Hall–Kier alpha value is -1.56. The first-order valence-corrected chi connectivity index (χ1v) is 9.91. The molecule has 3 rings (SSSR count). The Labute approximate surface area is 137 Å². The monoisotopic (exact) mass is 337 g/mol. The number of para-hydroxylation sites is 1. The minimum Gasteiger partial charge on any atom is -0.496 e. The second kappa shape index (κ2) is 6.15. The lowest BCUT2D eigenvalue weighted by Gasteiger charge is -2.41. The van der Waals surface area contributed by atoms with E-state index in [1.54, 1.807) is 7.11 Å². The van der Waals surface area contributed by atoms with E-state index in [-0.39, 0.29) is 23.3 Å². The highest BCUT2D eigenvalue weighted by Crippen LogP contribution is 2.47. The number of carbonyl (C=O) groups excluding carboxylic acids is 1. The van der Waals surface area contributed by atoms with Gasteiger partial charge in [-0.1, -0.05) is 24.6 Å². The zero-order chi connectivity index (χ0) is 16.5. The molecule has 1 saturated heterocycles. The van der Waals surface area contributed by atoms with Gasteiger partial charge in [0, 0.05) is 12.1 Å². The summed E-state index contributed by atoms with van der Waals surface area (Å²) in [5.41, 5.74) is 0.412. The van der Waals surface area contributed by atoms with Gasteiger partial charge in [0.2, 0.25) is 5.91 Å². The standard InChI is InChI=1S/C17H23NO4S/c1-22-15-6-3-2-5-14(15)17(8-4-9-17)16(19)18-11-13-7-10-23(20,21)12-13/h2-3,5-6,13H,4,7-12H2,1H3,(H,18,19)/t13-/m0/s1. The third-order valence-corrected chi connectivity index (χ3v) is 6.98. The SMILES string of the molecule is COc1ccccc1C1(C(=O)NC[C@@H]2CCS(=O)(=O)C2)CCC1. The van der Waals surface area contributed by atoms with Gasteiger partial charge in [0.25, 0.3) is 0 Å². The summed E-state index contributed by atoms with van der Waals surface area (Å²) < 4.78 is 28.5. The van der Waals surface area contributed by atoms with E-state index in [0.29, 0.717) is 13.0 Å². The second-order valence-electron chi connectivity index (χ2n) is 6.62. The number of hydrogen-bond acceptors (Lipinski definition) is 4. The van der Waals surface area contributed by atoms with Crippen LogP contribution in [-0.2, 0) is 20.0 Å². The average molecular weight is 337 g/mol. The predicted octanol–water partition coefficient (Wildman–Crippen LogP) is 1.67. The van der Waals surface area contributed by atoms with Gasteiger partial charge in [0.1, 0.15) is 5.75 Å². The molecule has 0 spiro atoms. The molecule has 2 aliphatic rings. The van der Waals surface area contributed by atoms with Crippen LogP contribution < -0.4 is 10.1 Å². The van der Waals surface area contributed by atoms with Crippen LogP contribution in [0.15, 0.2) is 24.3 Å². The molecule has 1 amide bonds. The highest BCUT2D eigenvalue weighted by molar-refractivity contribution is 7.91. The van der Waals surface area contributed by atoms with Crippen LogP contribution in [0.5, 0.6) is 5.75 Å². The molecule has 2 fully saturated rings. The fourth-order valence-corrected chi connectivity index (χ4v) is 5.49. The van der Waals surface area contributed by atoms with Crippen molar-refractivity contribution in [3.63, 3.8) is 0 Å². The molecule has 1 N–H and O–H groups in total. The van der Waals surface area contributed by atoms with Crippen LogP contribution in [0.3, 0.4) is 0 Å². The van der Waals surface area contributed by atoms with Gasteiger partial charge in [-0.25, -0.2) is 8.42 Å². The number of methoxy groups -OCH3 is 1. The number of nitrogens with one attached hydrogen (secondary N) is 1. The van der Waals surface area contributed by atoms with Crippen LogP contribution in [0.25, 0.3) is 0 Å². The topological polar surface area (TPSA) is 72.5 Å². The molecule has 23 heavy (non-hydrogen) atoms. The molecule has 1 aromatic carbocycles. The minimum atomic E-state index is -2.90. The number of ether oxygens (including phenoxy) is 1. The van der Waals surface area contributed by atoms with E-state index in [1.165, 1.54) is 0 Å². The molecule has 126 valence electrons. The van der Waals surface area contributed by atoms with Crippen molar-refractivity contribution in [2.45, 2.75) is 31.1 Å². The van der Waals surface area contributed by atoms with Crippen molar-refractivity contribution < 1.29 is 17.9 Å². The van der Waals surface area contributed by atoms with E-state index in [9.17, 15) is 13.2 Å². The molecule has 6 heteroatoms. The molecule has 0 unspecified atom stereocenters. The van der Waals surface area contributed by atoms with Crippen LogP contribution in [0.2, 0.25) is 0 Å². The Bertz CT molecular complexity index is 694. The Morgan fingerprint density at radius 2 is 2.09 bits per heavy atom. The summed E-state index contributed by atoms with van der Waals surface area (Å²) in [4.78, 5) is 12.8. The summed E-state index contributed by atoms with van der Waals surface area (Å²) >= 11 is 0. The Balaban J connectivity index is 1.72. The highest BCUT2D eigenvalue weighted by Gasteiger charge is 2.47. The molecule has 1 aromatic rings. The number of carbonyl (C=O) groups is 1. The van der Waals surface area contributed by atoms with Gasteiger partial charge in [0.15, 0.2) is 9.84 Å². The lowest BCUT2D eigenvalue weighted by molar-refractivity contribution is -0.130. The third-order valence-electron chi connectivity index (χ3n) is 5.14. The number of hydrogen-bond donors (Lipinski definition) is 1. The number of sulfone groups is 1. The summed E-state index contributed by atoms with van der Waals surface area (Å²) in [6.07, 6.45) is 3.28. The summed E-state index contributed by atoms with van der Waals surface area (Å²) in [7, 11) is -1.29. The first-order chi connectivity index (χ1) is 11.0. The van der Waals surface area contributed by atoms with E-state index in [1.807, 2.05) is 24.3 Å².